The highest BCUT2D eigenvalue weighted by Crippen LogP contribution is 2.30. The Hall–Kier alpha value is -0.940. The summed E-state index contributed by atoms with van der Waals surface area (Å²) in [6, 6.07) is 0.715. The van der Waals surface area contributed by atoms with Crippen molar-refractivity contribution in [3.63, 3.8) is 0 Å². The molecule has 2 fully saturated rings. The third-order valence-electron chi connectivity index (χ3n) is 4.03. The summed E-state index contributed by atoms with van der Waals surface area (Å²) < 4.78 is 10.9. The van der Waals surface area contributed by atoms with Gasteiger partial charge in [-0.3, -0.25) is 4.90 Å². The Labute approximate surface area is 120 Å². The summed E-state index contributed by atoms with van der Waals surface area (Å²) in [6.07, 6.45) is 3.79. The van der Waals surface area contributed by atoms with Gasteiger partial charge in [-0.15, -0.1) is 0 Å². The lowest BCUT2D eigenvalue weighted by Crippen LogP contribution is -2.32. The maximum absolute atomic E-state index is 5.48. The van der Waals surface area contributed by atoms with E-state index < -0.39 is 0 Å². The monoisotopic (exact) mass is 279 g/mol. The molecule has 0 radical (unpaired) electrons. The third kappa shape index (κ3) is 3.38. The standard InChI is InChI=1S/C15H25N3O2/c1-15(2,3)14-16-13(17-20-14)9-18(12-4-5-12)8-11-6-7-19-10-11/h11-12H,4-10H2,1-3H3. The Balaban J connectivity index is 1.62. The first-order valence-electron chi connectivity index (χ1n) is 7.67. The van der Waals surface area contributed by atoms with Crippen LogP contribution in [-0.4, -0.2) is 40.8 Å². The van der Waals surface area contributed by atoms with Crippen LogP contribution in [0.3, 0.4) is 0 Å². The summed E-state index contributed by atoms with van der Waals surface area (Å²) in [5.41, 5.74) is -0.0745. The van der Waals surface area contributed by atoms with Crippen molar-refractivity contribution < 1.29 is 9.26 Å². The first-order valence-corrected chi connectivity index (χ1v) is 7.67. The smallest absolute Gasteiger partial charge is 0.232 e. The molecule has 2 aliphatic rings. The summed E-state index contributed by atoms with van der Waals surface area (Å²) in [5, 5.41) is 4.15. The van der Waals surface area contributed by atoms with E-state index in [2.05, 4.69) is 35.8 Å². The minimum Gasteiger partial charge on any atom is -0.381 e. The molecular formula is C15H25N3O2. The van der Waals surface area contributed by atoms with Gasteiger partial charge >= 0.3 is 0 Å². The van der Waals surface area contributed by atoms with Gasteiger partial charge in [-0.25, -0.2) is 0 Å². The molecule has 0 amide bonds. The molecular weight excluding hydrogens is 254 g/mol. The molecule has 5 heteroatoms. The van der Waals surface area contributed by atoms with Crippen molar-refractivity contribution in [2.45, 2.75) is 58.0 Å². The fraction of sp³-hybridized carbons (Fsp3) is 0.867. The molecule has 1 unspecified atom stereocenters. The van der Waals surface area contributed by atoms with Crippen LogP contribution in [0.4, 0.5) is 0 Å². The van der Waals surface area contributed by atoms with E-state index >= 15 is 0 Å². The van der Waals surface area contributed by atoms with E-state index in [9.17, 15) is 0 Å². The molecule has 0 spiro atoms. The van der Waals surface area contributed by atoms with Gasteiger partial charge in [0, 0.05) is 24.6 Å². The Morgan fingerprint density at radius 3 is 2.60 bits per heavy atom. The summed E-state index contributed by atoms with van der Waals surface area (Å²) in [7, 11) is 0. The van der Waals surface area contributed by atoms with E-state index in [1.54, 1.807) is 0 Å². The maximum atomic E-state index is 5.48. The summed E-state index contributed by atoms with van der Waals surface area (Å²) in [6.45, 7) is 10.0. The quantitative estimate of drug-likeness (QED) is 0.828. The molecule has 0 bridgehead atoms. The van der Waals surface area contributed by atoms with Crippen molar-refractivity contribution in [2.24, 2.45) is 5.92 Å². The van der Waals surface area contributed by atoms with Gasteiger partial charge in [-0.2, -0.15) is 4.98 Å². The van der Waals surface area contributed by atoms with Crippen molar-refractivity contribution >= 4 is 0 Å². The van der Waals surface area contributed by atoms with E-state index in [0.717, 1.165) is 38.0 Å². The highest BCUT2D eigenvalue weighted by atomic mass is 16.5. The molecule has 1 aromatic heterocycles. The van der Waals surface area contributed by atoms with Crippen molar-refractivity contribution in [3.05, 3.63) is 11.7 Å². The molecule has 112 valence electrons. The van der Waals surface area contributed by atoms with Gasteiger partial charge in [-0.05, 0) is 25.2 Å². The Bertz CT molecular complexity index is 442. The van der Waals surface area contributed by atoms with Crippen LogP contribution in [0.2, 0.25) is 0 Å². The average Bonchev–Trinajstić information content (AvgIpc) is 2.88. The van der Waals surface area contributed by atoms with Gasteiger partial charge in [0.25, 0.3) is 0 Å². The highest BCUT2D eigenvalue weighted by Gasteiger charge is 2.33. The van der Waals surface area contributed by atoms with E-state index in [4.69, 9.17) is 9.26 Å². The van der Waals surface area contributed by atoms with Gasteiger partial charge in [-0.1, -0.05) is 25.9 Å². The topological polar surface area (TPSA) is 51.4 Å². The molecule has 20 heavy (non-hydrogen) atoms. The van der Waals surface area contributed by atoms with Crippen LogP contribution in [0.25, 0.3) is 0 Å². The van der Waals surface area contributed by atoms with Crippen LogP contribution < -0.4 is 0 Å². The molecule has 1 saturated heterocycles. The predicted octanol–water partition coefficient (Wildman–Crippen LogP) is 2.37. The van der Waals surface area contributed by atoms with Gasteiger partial charge in [0.15, 0.2) is 5.82 Å². The second-order valence-corrected chi connectivity index (χ2v) is 7.16. The van der Waals surface area contributed by atoms with Crippen LogP contribution >= 0.6 is 0 Å². The van der Waals surface area contributed by atoms with Crippen LogP contribution in [-0.2, 0) is 16.7 Å². The van der Waals surface area contributed by atoms with Gasteiger partial charge in [0.2, 0.25) is 5.89 Å². The Kier molecular flexibility index (Phi) is 3.82. The average molecular weight is 279 g/mol. The molecule has 2 heterocycles. The summed E-state index contributed by atoms with van der Waals surface area (Å²) >= 11 is 0. The predicted molar refractivity (Wildman–Crippen MR) is 75.4 cm³/mol. The van der Waals surface area contributed by atoms with Gasteiger partial charge < -0.3 is 9.26 Å². The molecule has 5 nitrogen and oxygen atoms in total. The zero-order chi connectivity index (χ0) is 14.2. The molecule has 1 atom stereocenters. The molecule has 1 aromatic rings. The number of aromatic nitrogens is 2. The third-order valence-corrected chi connectivity index (χ3v) is 4.03. The molecule has 0 N–H and O–H groups in total. The molecule has 3 rings (SSSR count). The molecule has 1 saturated carbocycles. The maximum Gasteiger partial charge on any atom is 0.232 e. The zero-order valence-electron chi connectivity index (χ0n) is 12.8. The van der Waals surface area contributed by atoms with Crippen molar-refractivity contribution in [2.75, 3.05) is 19.8 Å². The first kappa shape index (κ1) is 14.0. The van der Waals surface area contributed by atoms with Crippen LogP contribution in [0.1, 0.15) is 51.7 Å². The number of rotatable bonds is 5. The summed E-state index contributed by atoms with van der Waals surface area (Å²) in [5.74, 6) is 2.22. The lowest BCUT2D eigenvalue weighted by atomic mass is 9.97. The van der Waals surface area contributed by atoms with E-state index in [0.29, 0.717) is 12.0 Å². The number of ether oxygens (including phenoxy) is 1. The SMILES string of the molecule is CC(C)(C)c1nc(CN(CC2CCOC2)C2CC2)no1. The van der Waals surface area contributed by atoms with Crippen molar-refractivity contribution in [1.82, 2.24) is 15.0 Å². The van der Waals surface area contributed by atoms with Crippen molar-refractivity contribution in [3.8, 4) is 0 Å². The lowest BCUT2D eigenvalue weighted by molar-refractivity contribution is 0.159. The second kappa shape index (κ2) is 5.45. The number of nitrogens with zero attached hydrogens (tertiary/aromatic N) is 3. The first-order chi connectivity index (χ1) is 9.52. The normalized spacial score (nSPS) is 23.7. The number of hydrogen-bond acceptors (Lipinski definition) is 5. The minimum absolute atomic E-state index is 0.0745. The van der Waals surface area contributed by atoms with Gasteiger partial charge in [0.05, 0.1) is 13.2 Å². The minimum atomic E-state index is -0.0745. The largest absolute Gasteiger partial charge is 0.381 e. The highest BCUT2D eigenvalue weighted by molar-refractivity contribution is 4.99. The second-order valence-electron chi connectivity index (χ2n) is 7.16. The summed E-state index contributed by atoms with van der Waals surface area (Å²) in [4.78, 5) is 7.07. The van der Waals surface area contributed by atoms with Crippen molar-refractivity contribution in [1.29, 1.82) is 0 Å². The zero-order valence-corrected chi connectivity index (χ0v) is 12.8. The molecule has 0 aromatic carbocycles. The lowest BCUT2D eigenvalue weighted by Gasteiger charge is -2.23. The van der Waals surface area contributed by atoms with E-state index in [1.807, 2.05) is 0 Å². The molecule has 1 aliphatic heterocycles. The van der Waals surface area contributed by atoms with Crippen LogP contribution in [0, 0.1) is 5.92 Å². The van der Waals surface area contributed by atoms with Crippen LogP contribution in [0.15, 0.2) is 4.52 Å². The Morgan fingerprint density at radius 2 is 2.05 bits per heavy atom. The van der Waals surface area contributed by atoms with Gasteiger partial charge in [0.1, 0.15) is 0 Å². The van der Waals surface area contributed by atoms with E-state index in [1.165, 1.54) is 19.3 Å². The fourth-order valence-corrected chi connectivity index (χ4v) is 2.65. The fourth-order valence-electron chi connectivity index (χ4n) is 2.65. The number of hydrogen-bond donors (Lipinski definition) is 0. The molecule has 1 aliphatic carbocycles. The Morgan fingerprint density at radius 1 is 1.25 bits per heavy atom. The van der Waals surface area contributed by atoms with Crippen LogP contribution in [0.5, 0.6) is 0 Å². The van der Waals surface area contributed by atoms with E-state index in [-0.39, 0.29) is 5.41 Å².